The van der Waals surface area contributed by atoms with Crippen molar-refractivity contribution >= 4 is 11.9 Å². The van der Waals surface area contributed by atoms with Crippen LogP contribution in [0.15, 0.2) is 54.6 Å². The topological polar surface area (TPSA) is 89.5 Å². The lowest BCUT2D eigenvalue weighted by atomic mass is 9.84. The van der Waals surface area contributed by atoms with Gasteiger partial charge in [0.15, 0.2) is 13.1 Å². The van der Waals surface area contributed by atoms with Crippen LogP contribution in [-0.2, 0) is 30.3 Å². The molecule has 0 saturated carbocycles. The first kappa shape index (κ1) is 33.2. The van der Waals surface area contributed by atoms with E-state index >= 15 is 0 Å². The lowest BCUT2D eigenvalue weighted by molar-refractivity contribution is -0.271. The highest BCUT2D eigenvalue weighted by Gasteiger charge is 2.45. The summed E-state index contributed by atoms with van der Waals surface area (Å²) in [5.41, 5.74) is 6.78. The second kappa shape index (κ2) is 14.8. The van der Waals surface area contributed by atoms with Gasteiger partial charge in [0, 0.05) is 18.9 Å². The van der Waals surface area contributed by atoms with Gasteiger partial charge in [-0.3, -0.25) is 0 Å². The third-order valence-corrected chi connectivity index (χ3v) is 8.68. The summed E-state index contributed by atoms with van der Waals surface area (Å²) >= 11 is 0. The van der Waals surface area contributed by atoms with Crippen LogP contribution < -0.4 is 4.74 Å². The van der Waals surface area contributed by atoms with Gasteiger partial charge in [-0.2, -0.15) is 0 Å². The van der Waals surface area contributed by atoms with E-state index in [1.165, 1.54) is 7.11 Å². The molecule has 0 N–H and O–H groups in total. The molecule has 0 bridgehead atoms. The van der Waals surface area contributed by atoms with Crippen molar-refractivity contribution in [1.82, 2.24) is 0 Å². The Morgan fingerprint density at radius 1 is 0.795 bits per heavy atom. The predicted molar refractivity (Wildman–Crippen MR) is 167 cm³/mol. The lowest BCUT2D eigenvalue weighted by Gasteiger charge is -2.43. The van der Waals surface area contributed by atoms with Gasteiger partial charge in [0.25, 0.3) is 0 Å². The van der Waals surface area contributed by atoms with Crippen molar-refractivity contribution < 1.29 is 38.0 Å². The summed E-state index contributed by atoms with van der Waals surface area (Å²) < 4.78 is 35.2. The van der Waals surface area contributed by atoms with Crippen LogP contribution in [-0.4, -0.2) is 50.9 Å². The molecule has 8 heteroatoms. The summed E-state index contributed by atoms with van der Waals surface area (Å²) in [6.07, 6.45) is -2.02. The smallest absolute Gasteiger partial charge is 0.338 e. The molecule has 1 saturated heterocycles. The fourth-order valence-corrected chi connectivity index (χ4v) is 5.32. The Morgan fingerprint density at radius 2 is 1.41 bits per heavy atom. The third-order valence-electron chi connectivity index (χ3n) is 8.68. The minimum absolute atomic E-state index is 0.0578. The van der Waals surface area contributed by atoms with Crippen molar-refractivity contribution in [3.63, 3.8) is 0 Å². The number of esters is 2. The zero-order valence-corrected chi connectivity index (χ0v) is 27.0. The molecule has 0 radical (unpaired) electrons. The van der Waals surface area contributed by atoms with E-state index in [1.807, 2.05) is 90.9 Å². The van der Waals surface area contributed by atoms with Crippen molar-refractivity contribution in [2.45, 2.75) is 73.6 Å². The van der Waals surface area contributed by atoms with Gasteiger partial charge in [-0.1, -0.05) is 44.2 Å². The number of hydrogen-bond acceptors (Lipinski definition) is 8. The molecule has 1 fully saturated rings. The normalized spacial score (nSPS) is 21.5. The molecule has 3 aromatic carbocycles. The molecule has 3 aromatic rings. The SMILES string of the molecule is COCOc1cc(C(=O)OCC2O[C@@H](OCc3ccccc3)C(C)[C@@H](C)[C@@H]2OC(=O)c2cc(C)c(C)c(C)c2)cc(C)c1C. The molecule has 1 aliphatic rings. The molecule has 4 rings (SSSR count). The van der Waals surface area contributed by atoms with Gasteiger partial charge in [-0.15, -0.1) is 0 Å². The zero-order valence-electron chi connectivity index (χ0n) is 27.0. The Bertz CT molecular complexity index is 1430. The van der Waals surface area contributed by atoms with Crippen molar-refractivity contribution in [2.24, 2.45) is 11.8 Å². The van der Waals surface area contributed by atoms with Crippen LogP contribution >= 0.6 is 0 Å². The molecule has 8 nitrogen and oxygen atoms in total. The number of methoxy groups -OCH3 is 1. The summed E-state index contributed by atoms with van der Waals surface area (Å²) in [5, 5.41) is 0. The first-order valence-electron chi connectivity index (χ1n) is 15.0. The molecule has 1 aliphatic heterocycles. The number of benzene rings is 3. The van der Waals surface area contributed by atoms with Crippen LogP contribution in [0.25, 0.3) is 0 Å². The number of carbonyl (C=O) groups is 2. The number of hydrogen-bond donors (Lipinski definition) is 0. The second-order valence-corrected chi connectivity index (χ2v) is 11.7. The third kappa shape index (κ3) is 7.86. The van der Waals surface area contributed by atoms with Crippen LogP contribution in [0.3, 0.4) is 0 Å². The summed E-state index contributed by atoms with van der Waals surface area (Å²) in [5.74, 6) is -0.703. The highest BCUT2D eigenvalue weighted by molar-refractivity contribution is 5.91. The van der Waals surface area contributed by atoms with Crippen molar-refractivity contribution in [3.8, 4) is 5.75 Å². The number of carbonyl (C=O) groups excluding carboxylic acids is 2. The summed E-state index contributed by atoms with van der Waals surface area (Å²) in [6, 6.07) is 16.9. The Morgan fingerprint density at radius 3 is 2.05 bits per heavy atom. The van der Waals surface area contributed by atoms with Crippen molar-refractivity contribution in [2.75, 3.05) is 20.5 Å². The van der Waals surface area contributed by atoms with Gasteiger partial charge in [-0.05, 0) is 92.3 Å². The molecule has 0 amide bonds. The van der Waals surface area contributed by atoms with E-state index in [0.717, 1.165) is 33.4 Å². The number of rotatable bonds is 11. The summed E-state index contributed by atoms with van der Waals surface area (Å²) in [6.45, 7) is 14.1. The monoisotopic (exact) mass is 604 g/mol. The first-order chi connectivity index (χ1) is 21.0. The van der Waals surface area contributed by atoms with Gasteiger partial charge in [0.05, 0.1) is 17.7 Å². The number of aryl methyl sites for hydroxylation is 3. The van der Waals surface area contributed by atoms with E-state index in [-0.39, 0.29) is 25.2 Å². The quantitative estimate of drug-likeness (QED) is 0.174. The molecule has 2 unspecified atom stereocenters. The van der Waals surface area contributed by atoms with E-state index in [0.29, 0.717) is 23.5 Å². The molecule has 0 aromatic heterocycles. The lowest BCUT2D eigenvalue weighted by Crippen LogP contribution is -2.53. The maximum Gasteiger partial charge on any atom is 0.338 e. The van der Waals surface area contributed by atoms with E-state index in [2.05, 4.69) is 0 Å². The largest absolute Gasteiger partial charge is 0.467 e. The Labute approximate surface area is 260 Å². The maximum atomic E-state index is 13.4. The van der Waals surface area contributed by atoms with Gasteiger partial charge in [0.2, 0.25) is 0 Å². The molecule has 0 aliphatic carbocycles. The molecule has 5 atom stereocenters. The molecular formula is C36H44O8. The van der Waals surface area contributed by atoms with Gasteiger partial charge >= 0.3 is 11.9 Å². The van der Waals surface area contributed by atoms with Crippen LogP contribution in [0, 0.1) is 46.5 Å². The Balaban J connectivity index is 1.55. The first-order valence-corrected chi connectivity index (χ1v) is 15.0. The van der Waals surface area contributed by atoms with Gasteiger partial charge in [0.1, 0.15) is 24.6 Å². The van der Waals surface area contributed by atoms with E-state index in [4.69, 9.17) is 28.4 Å². The van der Waals surface area contributed by atoms with Crippen LogP contribution in [0.2, 0.25) is 0 Å². The molecule has 1 heterocycles. The van der Waals surface area contributed by atoms with E-state index in [9.17, 15) is 9.59 Å². The zero-order chi connectivity index (χ0) is 32.0. The Hall–Kier alpha value is -3.72. The van der Waals surface area contributed by atoms with Crippen molar-refractivity contribution in [1.29, 1.82) is 0 Å². The number of ether oxygens (including phenoxy) is 6. The minimum atomic E-state index is -0.752. The second-order valence-electron chi connectivity index (χ2n) is 11.7. The predicted octanol–water partition coefficient (Wildman–Crippen LogP) is 6.81. The molecule has 0 spiro atoms. The van der Waals surface area contributed by atoms with Crippen LogP contribution in [0.1, 0.15) is 67.9 Å². The average molecular weight is 605 g/mol. The standard InChI is InChI=1S/C36H44O8/c1-21-14-29(15-22(2)24(21)4)35(38)44-33-26(6)27(7)36(41-18-28-12-10-9-11-13-28)43-32(33)19-40-34(37)30-16-23(3)25(5)31(17-30)42-20-39-8/h9-17,26-27,32-33,36H,18-20H2,1-8H3/t26-,27?,32?,33+,36-/m1/s1. The minimum Gasteiger partial charge on any atom is -0.467 e. The van der Waals surface area contributed by atoms with Crippen LogP contribution in [0.4, 0.5) is 0 Å². The summed E-state index contributed by atoms with van der Waals surface area (Å²) in [7, 11) is 1.54. The highest BCUT2D eigenvalue weighted by Crippen LogP contribution is 2.35. The van der Waals surface area contributed by atoms with Crippen molar-refractivity contribution in [3.05, 3.63) is 99.1 Å². The summed E-state index contributed by atoms with van der Waals surface area (Å²) in [4.78, 5) is 26.7. The van der Waals surface area contributed by atoms with Gasteiger partial charge < -0.3 is 28.4 Å². The maximum absolute atomic E-state index is 13.4. The average Bonchev–Trinajstić information content (AvgIpc) is 3.01. The fourth-order valence-electron chi connectivity index (χ4n) is 5.32. The fraction of sp³-hybridized carbons (Fsp3) is 0.444. The Kier molecular flexibility index (Phi) is 11.2. The molecule has 236 valence electrons. The molecule has 44 heavy (non-hydrogen) atoms. The highest BCUT2D eigenvalue weighted by atomic mass is 16.7. The van der Waals surface area contributed by atoms with Crippen LogP contribution in [0.5, 0.6) is 5.75 Å². The van der Waals surface area contributed by atoms with Gasteiger partial charge in [-0.25, -0.2) is 9.59 Å². The molecular weight excluding hydrogens is 560 g/mol. The van der Waals surface area contributed by atoms with E-state index < -0.39 is 30.4 Å². The van der Waals surface area contributed by atoms with E-state index in [1.54, 1.807) is 12.1 Å².